The van der Waals surface area contributed by atoms with Gasteiger partial charge in [0.1, 0.15) is 5.01 Å². The molecule has 0 unspecified atom stereocenters. The summed E-state index contributed by atoms with van der Waals surface area (Å²) < 4.78 is 2.47. The topological polar surface area (TPSA) is 25.8 Å². The monoisotopic (exact) mass is 282 g/mol. The lowest BCUT2D eigenvalue weighted by molar-refractivity contribution is 1.35. The van der Waals surface area contributed by atoms with E-state index >= 15 is 0 Å². The van der Waals surface area contributed by atoms with Gasteiger partial charge in [-0.15, -0.1) is 22.7 Å². The summed E-state index contributed by atoms with van der Waals surface area (Å²) in [6.07, 6.45) is 0. The van der Waals surface area contributed by atoms with Gasteiger partial charge in [0.05, 0.1) is 25.4 Å². The van der Waals surface area contributed by atoms with Crippen LogP contribution in [0.2, 0.25) is 0 Å². The van der Waals surface area contributed by atoms with Gasteiger partial charge in [0.15, 0.2) is 0 Å². The Morgan fingerprint density at radius 3 is 2.58 bits per heavy atom. The van der Waals surface area contributed by atoms with Gasteiger partial charge >= 0.3 is 0 Å². The number of rotatable bonds is 1. The smallest absolute Gasteiger partial charge is 0.124 e. The highest BCUT2D eigenvalue weighted by atomic mass is 32.1. The van der Waals surface area contributed by atoms with Crippen molar-refractivity contribution in [2.75, 3.05) is 0 Å². The number of fused-ring (bicyclic) bond motifs is 2. The van der Waals surface area contributed by atoms with Gasteiger partial charge < -0.3 is 0 Å². The number of hydrogen-bond donors (Lipinski definition) is 0. The number of aryl methyl sites for hydroxylation is 1. The van der Waals surface area contributed by atoms with Crippen LogP contribution in [0.1, 0.15) is 5.01 Å². The molecule has 0 radical (unpaired) electrons. The first kappa shape index (κ1) is 11.1. The predicted octanol–water partition coefficient (Wildman–Crippen LogP) is 4.88. The van der Waals surface area contributed by atoms with Gasteiger partial charge in [-0.2, -0.15) is 0 Å². The molecule has 0 fully saturated rings. The normalized spacial score (nSPS) is 11.4. The minimum Gasteiger partial charge on any atom is -0.241 e. The molecule has 92 valence electrons. The lowest BCUT2D eigenvalue weighted by atomic mass is 10.2. The number of nitrogens with zero attached hydrogens (tertiary/aromatic N) is 2. The van der Waals surface area contributed by atoms with Crippen molar-refractivity contribution in [2.45, 2.75) is 6.92 Å². The third-order valence-corrected chi connectivity index (χ3v) is 5.07. The molecule has 0 amide bonds. The van der Waals surface area contributed by atoms with E-state index in [0.717, 1.165) is 26.6 Å². The van der Waals surface area contributed by atoms with E-state index in [1.165, 1.54) is 9.40 Å². The fourth-order valence-electron chi connectivity index (χ4n) is 2.17. The molecule has 0 spiro atoms. The maximum absolute atomic E-state index is 4.69. The molecule has 0 N–H and O–H groups in total. The first-order valence-electron chi connectivity index (χ1n) is 6.03. The van der Waals surface area contributed by atoms with E-state index in [1.54, 1.807) is 22.7 Å². The Morgan fingerprint density at radius 1 is 0.842 bits per heavy atom. The molecule has 0 saturated carbocycles. The van der Waals surface area contributed by atoms with E-state index in [9.17, 15) is 0 Å². The number of thiazole rings is 2. The molecule has 0 saturated heterocycles. The quantitative estimate of drug-likeness (QED) is 0.497. The van der Waals surface area contributed by atoms with Crippen LogP contribution in [0, 0.1) is 6.92 Å². The van der Waals surface area contributed by atoms with Crippen LogP contribution >= 0.6 is 22.7 Å². The molecule has 2 nitrogen and oxygen atoms in total. The zero-order valence-corrected chi connectivity index (χ0v) is 11.9. The fraction of sp³-hybridized carbons (Fsp3) is 0.0667. The van der Waals surface area contributed by atoms with E-state index in [1.807, 2.05) is 13.0 Å². The molecule has 0 aliphatic carbocycles. The molecule has 4 rings (SSSR count). The molecule has 4 aromatic rings. The number of aromatic nitrogens is 2. The summed E-state index contributed by atoms with van der Waals surface area (Å²) in [4.78, 5) is 9.24. The lowest BCUT2D eigenvalue weighted by Gasteiger charge is -1.95. The Kier molecular flexibility index (Phi) is 2.40. The highest BCUT2D eigenvalue weighted by Crippen LogP contribution is 2.32. The van der Waals surface area contributed by atoms with Crippen molar-refractivity contribution in [3.63, 3.8) is 0 Å². The minimum absolute atomic E-state index is 1.06. The van der Waals surface area contributed by atoms with E-state index < -0.39 is 0 Å². The predicted molar refractivity (Wildman–Crippen MR) is 83.0 cm³/mol. The average Bonchev–Trinajstić information content (AvgIpc) is 2.99. The van der Waals surface area contributed by atoms with Crippen LogP contribution in [-0.4, -0.2) is 9.97 Å². The van der Waals surface area contributed by atoms with Gasteiger partial charge in [0.2, 0.25) is 0 Å². The highest BCUT2D eigenvalue weighted by molar-refractivity contribution is 7.21. The first-order valence-corrected chi connectivity index (χ1v) is 7.66. The van der Waals surface area contributed by atoms with Crippen LogP contribution in [-0.2, 0) is 0 Å². The van der Waals surface area contributed by atoms with Crippen LogP contribution in [0.25, 0.3) is 31.0 Å². The number of benzene rings is 2. The van der Waals surface area contributed by atoms with Gasteiger partial charge in [-0.05, 0) is 31.2 Å². The molecule has 0 aliphatic rings. The van der Waals surface area contributed by atoms with Crippen LogP contribution in [0.4, 0.5) is 0 Å². The molecule has 4 heteroatoms. The molecule has 0 aliphatic heterocycles. The van der Waals surface area contributed by atoms with Crippen molar-refractivity contribution >= 4 is 43.1 Å². The molecule has 0 atom stereocenters. The fourth-order valence-corrected chi connectivity index (χ4v) is 3.94. The molecule has 2 aromatic carbocycles. The molecular formula is C15H10N2S2. The van der Waals surface area contributed by atoms with Crippen LogP contribution in [0.15, 0.2) is 42.5 Å². The van der Waals surface area contributed by atoms with Crippen LogP contribution in [0.3, 0.4) is 0 Å². The number of para-hydroxylation sites is 1. The van der Waals surface area contributed by atoms with Gasteiger partial charge in [-0.25, -0.2) is 9.97 Å². The average molecular weight is 282 g/mol. The highest BCUT2D eigenvalue weighted by Gasteiger charge is 2.08. The Bertz CT molecular complexity index is 856. The summed E-state index contributed by atoms with van der Waals surface area (Å²) in [5.74, 6) is 0. The maximum atomic E-state index is 4.69. The van der Waals surface area contributed by atoms with Crippen molar-refractivity contribution in [3.8, 4) is 10.6 Å². The molecule has 2 aromatic heterocycles. The van der Waals surface area contributed by atoms with E-state index in [2.05, 4.69) is 41.4 Å². The summed E-state index contributed by atoms with van der Waals surface area (Å²) >= 11 is 3.46. The maximum Gasteiger partial charge on any atom is 0.124 e. The molecule has 2 heterocycles. The molecule has 19 heavy (non-hydrogen) atoms. The van der Waals surface area contributed by atoms with Crippen LogP contribution < -0.4 is 0 Å². The third kappa shape index (κ3) is 1.84. The van der Waals surface area contributed by atoms with Crippen molar-refractivity contribution < 1.29 is 0 Å². The summed E-state index contributed by atoms with van der Waals surface area (Å²) in [7, 11) is 0. The zero-order chi connectivity index (χ0) is 12.8. The van der Waals surface area contributed by atoms with Crippen molar-refractivity contribution in [1.82, 2.24) is 9.97 Å². The molecule has 0 bridgehead atoms. The largest absolute Gasteiger partial charge is 0.241 e. The van der Waals surface area contributed by atoms with E-state index in [0.29, 0.717) is 0 Å². The second-order valence-electron chi connectivity index (χ2n) is 4.40. The summed E-state index contributed by atoms with van der Waals surface area (Å²) in [6.45, 7) is 2.04. The van der Waals surface area contributed by atoms with Gasteiger partial charge in [0.25, 0.3) is 0 Å². The minimum atomic E-state index is 1.06. The Morgan fingerprint density at radius 2 is 1.68 bits per heavy atom. The SMILES string of the molecule is Cc1nc2cc(-c3nc4ccccc4s3)ccc2s1. The van der Waals surface area contributed by atoms with E-state index in [-0.39, 0.29) is 0 Å². The van der Waals surface area contributed by atoms with Crippen molar-refractivity contribution in [3.05, 3.63) is 47.5 Å². The van der Waals surface area contributed by atoms with E-state index in [4.69, 9.17) is 4.98 Å². The van der Waals surface area contributed by atoms with Crippen molar-refractivity contribution in [2.24, 2.45) is 0 Å². The van der Waals surface area contributed by atoms with Crippen molar-refractivity contribution in [1.29, 1.82) is 0 Å². The zero-order valence-electron chi connectivity index (χ0n) is 10.3. The second-order valence-corrected chi connectivity index (χ2v) is 6.67. The Balaban J connectivity index is 1.92. The molecular weight excluding hydrogens is 272 g/mol. The standard InChI is InChI=1S/C15H10N2S2/c1-9-16-12-8-10(6-7-14(12)18-9)15-17-11-4-2-3-5-13(11)19-15/h2-8H,1H3. The lowest BCUT2D eigenvalue weighted by Crippen LogP contribution is -1.76. The Hall–Kier alpha value is -1.78. The first-order chi connectivity index (χ1) is 9.29. The van der Waals surface area contributed by atoms with Gasteiger partial charge in [-0.1, -0.05) is 18.2 Å². The van der Waals surface area contributed by atoms with Gasteiger partial charge in [0, 0.05) is 5.56 Å². The van der Waals surface area contributed by atoms with Crippen LogP contribution in [0.5, 0.6) is 0 Å². The summed E-state index contributed by atoms with van der Waals surface area (Å²) in [5, 5.41) is 2.17. The summed E-state index contributed by atoms with van der Waals surface area (Å²) in [6, 6.07) is 14.7. The van der Waals surface area contributed by atoms with Gasteiger partial charge in [-0.3, -0.25) is 0 Å². The third-order valence-electron chi connectivity index (χ3n) is 3.04. The second kappa shape index (κ2) is 4.11. The number of hydrogen-bond acceptors (Lipinski definition) is 4. The Labute approximate surface area is 118 Å². The summed E-state index contributed by atoms with van der Waals surface area (Å²) in [5.41, 5.74) is 3.29.